The van der Waals surface area contributed by atoms with E-state index in [9.17, 15) is 4.79 Å². The van der Waals surface area contributed by atoms with E-state index in [1.54, 1.807) is 0 Å². The van der Waals surface area contributed by atoms with E-state index >= 15 is 0 Å². The second kappa shape index (κ2) is 7.92. The van der Waals surface area contributed by atoms with Gasteiger partial charge in [-0.2, -0.15) is 0 Å². The highest BCUT2D eigenvalue weighted by molar-refractivity contribution is 5.98. The second-order valence-electron chi connectivity index (χ2n) is 9.59. The van der Waals surface area contributed by atoms with Crippen LogP contribution in [0.5, 0.6) is 0 Å². The summed E-state index contributed by atoms with van der Waals surface area (Å²) in [7, 11) is 0. The molecule has 5 nitrogen and oxygen atoms in total. The minimum atomic E-state index is -0.177. The fourth-order valence-corrected chi connectivity index (χ4v) is 6.13. The molecule has 0 bridgehead atoms. The van der Waals surface area contributed by atoms with Crippen LogP contribution in [0.4, 0.5) is 11.4 Å². The van der Waals surface area contributed by atoms with Gasteiger partial charge < -0.3 is 14.5 Å². The first-order chi connectivity index (χ1) is 14.2. The van der Waals surface area contributed by atoms with Crippen LogP contribution >= 0.6 is 0 Å². The zero-order valence-corrected chi connectivity index (χ0v) is 17.8. The van der Waals surface area contributed by atoms with Gasteiger partial charge in [0.1, 0.15) is 0 Å². The molecule has 1 spiro atoms. The Morgan fingerprint density at radius 1 is 0.931 bits per heavy atom. The maximum Gasteiger partial charge on any atom is 0.233 e. The van der Waals surface area contributed by atoms with Crippen molar-refractivity contribution in [3.05, 3.63) is 24.3 Å². The topological polar surface area (TPSA) is 36.0 Å². The molecule has 0 saturated carbocycles. The minimum Gasteiger partial charge on any atom is -0.381 e. The first-order valence-corrected chi connectivity index (χ1v) is 11.7. The number of rotatable bonds is 3. The molecule has 1 aromatic carbocycles. The van der Waals surface area contributed by atoms with E-state index in [1.807, 2.05) is 4.90 Å². The van der Waals surface area contributed by atoms with E-state index in [1.165, 1.54) is 31.5 Å². The van der Waals surface area contributed by atoms with E-state index in [0.29, 0.717) is 11.9 Å². The first-order valence-electron chi connectivity index (χ1n) is 11.7. The molecule has 5 rings (SSSR count). The Balaban J connectivity index is 1.26. The average Bonchev–Trinajstić information content (AvgIpc) is 3.40. The normalized spacial score (nSPS) is 30.4. The number of benzene rings is 1. The minimum absolute atomic E-state index is 0.177. The highest BCUT2D eigenvalue weighted by Crippen LogP contribution is 2.42. The molecular weight excluding hydrogens is 362 g/mol. The summed E-state index contributed by atoms with van der Waals surface area (Å²) in [5.41, 5.74) is 2.19. The van der Waals surface area contributed by atoms with Crippen molar-refractivity contribution in [1.29, 1.82) is 0 Å². The number of hydrogen-bond acceptors (Lipinski definition) is 4. The quantitative estimate of drug-likeness (QED) is 0.780. The summed E-state index contributed by atoms with van der Waals surface area (Å²) in [6, 6.07) is 10.2. The molecule has 4 aliphatic heterocycles. The smallest absolute Gasteiger partial charge is 0.233 e. The second-order valence-corrected chi connectivity index (χ2v) is 9.59. The highest BCUT2D eigenvalue weighted by Gasteiger charge is 2.45. The van der Waals surface area contributed by atoms with Crippen molar-refractivity contribution in [2.24, 2.45) is 5.41 Å². The summed E-state index contributed by atoms with van der Waals surface area (Å²) in [6.07, 6.45) is 7.84. The third kappa shape index (κ3) is 3.57. The lowest BCUT2D eigenvalue weighted by Crippen LogP contribution is -2.51. The maximum absolute atomic E-state index is 13.3. The van der Waals surface area contributed by atoms with E-state index < -0.39 is 0 Å². The Bertz CT molecular complexity index is 723. The van der Waals surface area contributed by atoms with Crippen LogP contribution in [-0.4, -0.2) is 62.3 Å². The highest BCUT2D eigenvalue weighted by atomic mass is 16.5. The number of hydrogen-bond donors (Lipinski definition) is 0. The number of likely N-dealkylation sites (tertiary alicyclic amines) is 1. The van der Waals surface area contributed by atoms with Gasteiger partial charge in [-0.3, -0.25) is 9.69 Å². The Morgan fingerprint density at radius 3 is 2.41 bits per heavy atom. The van der Waals surface area contributed by atoms with Crippen molar-refractivity contribution in [3.63, 3.8) is 0 Å². The van der Waals surface area contributed by atoms with Crippen molar-refractivity contribution in [2.45, 2.75) is 64.0 Å². The van der Waals surface area contributed by atoms with Crippen LogP contribution in [0, 0.1) is 5.41 Å². The van der Waals surface area contributed by atoms with Crippen molar-refractivity contribution < 1.29 is 9.53 Å². The van der Waals surface area contributed by atoms with E-state index in [-0.39, 0.29) is 5.41 Å². The molecule has 1 aromatic rings. The van der Waals surface area contributed by atoms with Crippen LogP contribution in [-0.2, 0) is 9.53 Å². The van der Waals surface area contributed by atoms with Crippen molar-refractivity contribution in [2.75, 3.05) is 49.2 Å². The Labute approximate surface area is 175 Å². The summed E-state index contributed by atoms with van der Waals surface area (Å²) in [6.45, 7) is 8.22. The predicted octanol–water partition coefficient (Wildman–Crippen LogP) is 3.67. The molecule has 4 aliphatic rings. The lowest BCUT2D eigenvalue weighted by atomic mass is 9.73. The molecule has 4 heterocycles. The summed E-state index contributed by atoms with van der Waals surface area (Å²) >= 11 is 0. The monoisotopic (exact) mass is 397 g/mol. The van der Waals surface area contributed by atoms with Gasteiger partial charge in [0.05, 0.1) is 5.41 Å². The fraction of sp³-hybridized carbons (Fsp3) is 0.708. The van der Waals surface area contributed by atoms with Crippen LogP contribution in [0.1, 0.15) is 51.9 Å². The maximum atomic E-state index is 13.3. The number of carbonyl (C=O) groups is 1. The van der Waals surface area contributed by atoms with Gasteiger partial charge >= 0.3 is 0 Å². The summed E-state index contributed by atoms with van der Waals surface area (Å²) in [5, 5.41) is 0. The standard InChI is InChI=1S/C24H35N3O2/c1-19-4-2-13-26(19)22-9-15-25(18-22)20-5-7-21(8-6-20)27-14-3-10-24(23(27)28)11-16-29-17-12-24/h5-8,19,22H,2-4,9-18H2,1H3/t19-,22+/m1/s1. The molecule has 0 radical (unpaired) electrons. The Kier molecular flexibility index (Phi) is 5.29. The lowest BCUT2D eigenvalue weighted by molar-refractivity contribution is -0.136. The number of piperidine rings is 1. The molecule has 29 heavy (non-hydrogen) atoms. The van der Waals surface area contributed by atoms with Crippen molar-refractivity contribution in [3.8, 4) is 0 Å². The van der Waals surface area contributed by atoms with Crippen LogP contribution in [0.3, 0.4) is 0 Å². The van der Waals surface area contributed by atoms with E-state index in [0.717, 1.165) is 70.3 Å². The van der Waals surface area contributed by atoms with Gasteiger partial charge in [0.25, 0.3) is 0 Å². The van der Waals surface area contributed by atoms with Crippen LogP contribution in [0.15, 0.2) is 24.3 Å². The fourth-order valence-electron chi connectivity index (χ4n) is 6.13. The third-order valence-electron chi connectivity index (χ3n) is 7.95. The largest absolute Gasteiger partial charge is 0.381 e. The molecule has 0 unspecified atom stereocenters. The van der Waals surface area contributed by atoms with Crippen LogP contribution < -0.4 is 9.80 Å². The summed E-state index contributed by atoms with van der Waals surface area (Å²) < 4.78 is 5.53. The molecule has 4 saturated heterocycles. The summed E-state index contributed by atoms with van der Waals surface area (Å²) in [4.78, 5) is 20.6. The van der Waals surface area contributed by atoms with Gasteiger partial charge in [-0.15, -0.1) is 0 Å². The van der Waals surface area contributed by atoms with Gasteiger partial charge in [0.15, 0.2) is 0 Å². The number of nitrogens with zero attached hydrogens (tertiary/aromatic N) is 3. The SMILES string of the molecule is C[C@@H]1CCCN1[C@H]1CCN(c2ccc(N3CCCC4(CCOCC4)C3=O)cc2)C1. The van der Waals surface area contributed by atoms with Crippen LogP contribution in [0.25, 0.3) is 0 Å². The lowest BCUT2D eigenvalue weighted by Gasteiger charge is -2.43. The zero-order chi connectivity index (χ0) is 19.8. The van der Waals surface area contributed by atoms with Gasteiger partial charge in [0.2, 0.25) is 5.91 Å². The molecule has 1 amide bonds. The van der Waals surface area contributed by atoms with Gasteiger partial charge in [-0.25, -0.2) is 0 Å². The average molecular weight is 398 g/mol. The zero-order valence-electron chi connectivity index (χ0n) is 17.8. The Morgan fingerprint density at radius 2 is 1.69 bits per heavy atom. The molecule has 158 valence electrons. The third-order valence-corrected chi connectivity index (χ3v) is 7.95. The van der Waals surface area contributed by atoms with Gasteiger partial charge in [-0.05, 0) is 82.7 Å². The molecular formula is C24H35N3O2. The summed E-state index contributed by atoms with van der Waals surface area (Å²) in [5.74, 6) is 0.323. The number of anilines is 2. The molecule has 5 heteroatoms. The van der Waals surface area contributed by atoms with Gasteiger partial charge in [0, 0.05) is 56.3 Å². The van der Waals surface area contributed by atoms with E-state index in [2.05, 4.69) is 41.0 Å². The molecule has 0 aliphatic carbocycles. The number of ether oxygens (including phenoxy) is 1. The van der Waals surface area contributed by atoms with E-state index in [4.69, 9.17) is 4.74 Å². The van der Waals surface area contributed by atoms with Crippen molar-refractivity contribution >= 4 is 17.3 Å². The van der Waals surface area contributed by atoms with Crippen molar-refractivity contribution in [1.82, 2.24) is 4.90 Å². The predicted molar refractivity (Wildman–Crippen MR) is 117 cm³/mol. The molecule has 2 atom stereocenters. The number of amides is 1. The first kappa shape index (κ1) is 19.4. The Hall–Kier alpha value is -1.59. The van der Waals surface area contributed by atoms with Crippen LogP contribution in [0.2, 0.25) is 0 Å². The van der Waals surface area contributed by atoms with Gasteiger partial charge in [-0.1, -0.05) is 0 Å². The molecule has 0 N–H and O–H groups in total. The molecule has 0 aromatic heterocycles. The number of carbonyl (C=O) groups excluding carboxylic acids is 1. The molecule has 4 fully saturated rings.